The number of nitrogens with two attached hydrogens (primary N) is 1. The number of benzene rings is 2. The molecule has 1 saturated carbocycles. The van der Waals surface area contributed by atoms with Crippen molar-refractivity contribution in [3.63, 3.8) is 0 Å². The predicted molar refractivity (Wildman–Crippen MR) is 146 cm³/mol. The standard InChI is InChI=1S/C23H23Cl2N5O8P2/c24-15-1-5-17(6-2-15)37-39(31,32)35-11-14-9-21(30-13-28-20-10-27-23(26)29-22(20)30)19(14)12-36-40(33,34)38-18-7-3-16(25)4-8-18/h1-8,10,13-14,19,21H,9,11-12H2,(H,31,32)(H,33,34)(H2,26,27,29). The monoisotopic (exact) mass is 629 g/mol. The number of phosphoric ester groups is 2. The van der Waals surface area contributed by atoms with Crippen LogP contribution in [0.5, 0.6) is 11.5 Å². The van der Waals surface area contributed by atoms with Gasteiger partial charge in [0.15, 0.2) is 5.65 Å². The number of halogens is 2. The molecule has 4 N–H and O–H groups in total. The van der Waals surface area contributed by atoms with Crippen LogP contribution in [-0.4, -0.2) is 42.5 Å². The summed E-state index contributed by atoms with van der Waals surface area (Å²) in [7, 11) is -9.04. The Kier molecular flexibility index (Phi) is 8.37. The third-order valence-corrected chi connectivity index (χ3v) is 8.62. The maximum absolute atomic E-state index is 12.7. The lowest BCUT2D eigenvalue weighted by molar-refractivity contribution is -0.00444. The van der Waals surface area contributed by atoms with Crippen molar-refractivity contribution in [3.8, 4) is 11.5 Å². The Hall–Kier alpha value is -2.73. The van der Waals surface area contributed by atoms with E-state index in [0.29, 0.717) is 27.6 Å². The van der Waals surface area contributed by atoms with Gasteiger partial charge in [0.05, 0.1) is 25.7 Å². The van der Waals surface area contributed by atoms with E-state index in [0.717, 1.165) is 0 Å². The average Bonchev–Trinajstić information content (AvgIpc) is 3.28. The summed E-state index contributed by atoms with van der Waals surface area (Å²) in [4.78, 5) is 33.1. The fourth-order valence-electron chi connectivity index (χ4n) is 4.30. The summed E-state index contributed by atoms with van der Waals surface area (Å²) in [6.45, 7) is -0.461. The molecule has 0 radical (unpaired) electrons. The average molecular weight is 630 g/mol. The van der Waals surface area contributed by atoms with Gasteiger partial charge in [-0.15, -0.1) is 0 Å². The number of rotatable bonds is 11. The third kappa shape index (κ3) is 6.94. The van der Waals surface area contributed by atoms with Gasteiger partial charge in [-0.25, -0.2) is 19.1 Å². The Labute approximate surface area is 238 Å². The highest BCUT2D eigenvalue weighted by molar-refractivity contribution is 7.48. The maximum atomic E-state index is 12.7. The quantitative estimate of drug-likeness (QED) is 0.183. The number of phosphoric acid groups is 2. The third-order valence-electron chi connectivity index (χ3n) is 6.29. The first-order valence-electron chi connectivity index (χ1n) is 11.8. The summed E-state index contributed by atoms with van der Waals surface area (Å²) in [6, 6.07) is 11.4. The zero-order valence-corrected chi connectivity index (χ0v) is 23.8. The molecule has 5 rings (SSSR count). The Bertz CT molecular complexity index is 1590. The second kappa shape index (κ2) is 11.6. The molecule has 0 bridgehead atoms. The largest absolute Gasteiger partial charge is 0.527 e. The molecule has 13 nitrogen and oxygen atoms in total. The summed E-state index contributed by atoms with van der Waals surface area (Å²) >= 11 is 11.7. The Balaban J connectivity index is 1.30. The highest BCUT2D eigenvalue weighted by atomic mass is 35.5. The highest BCUT2D eigenvalue weighted by Crippen LogP contribution is 2.52. The summed E-state index contributed by atoms with van der Waals surface area (Å²) in [6.07, 6.45) is 3.48. The fourth-order valence-corrected chi connectivity index (χ4v) is 6.17. The molecule has 0 amide bonds. The van der Waals surface area contributed by atoms with Crippen molar-refractivity contribution in [2.75, 3.05) is 18.9 Å². The van der Waals surface area contributed by atoms with Crippen LogP contribution in [0.15, 0.2) is 61.1 Å². The minimum Gasteiger partial charge on any atom is -0.404 e. The molecule has 0 aliphatic heterocycles. The van der Waals surface area contributed by atoms with Crippen LogP contribution in [0.1, 0.15) is 12.5 Å². The minimum atomic E-state index is -4.54. The van der Waals surface area contributed by atoms with Gasteiger partial charge in [-0.3, -0.25) is 18.8 Å². The molecule has 2 aromatic heterocycles. The summed E-state index contributed by atoms with van der Waals surface area (Å²) < 4.78 is 47.9. The molecule has 212 valence electrons. The van der Waals surface area contributed by atoms with E-state index < -0.39 is 21.6 Å². The van der Waals surface area contributed by atoms with Gasteiger partial charge in [0.25, 0.3) is 0 Å². The van der Waals surface area contributed by atoms with Gasteiger partial charge >= 0.3 is 15.6 Å². The zero-order chi connectivity index (χ0) is 28.5. The Morgan fingerprint density at radius 2 is 1.45 bits per heavy atom. The maximum Gasteiger partial charge on any atom is 0.527 e. The topological polar surface area (TPSA) is 181 Å². The van der Waals surface area contributed by atoms with E-state index in [9.17, 15) is 18.9 Å². The van der Waals surface area contributed by atoms with E-state index >= 15 is 0 Å². The van der Waals surface area contributed by atoms with Crippen LogP contribution in [0, 0.1) is 11.8 Å². The smallest absolute Gasteiger partial charge is 0.404 e. The van der Waals surface area contributed by atoms with Crippen LogP contribution < -0.4 is 14.8 Å². The molecule has 2 heterocycles. The number of aromatic nitrogens is 4. The number of fused-ring (bicyclic) bond motifs is 1. The lowest BCUT2D eigenvalue weighted by Crippen LogP contribution is -2.43. The van der Waals surface area contributed by atoms with E-state index in [1.165, 1.54) is 54.7 Å². The lowest BCUT2D eigenvalue weighted by atomic mass is 9.70. The van der Waals surface area contributed by atoms with Crippen molar-refractivity contribution in [2.24, 2.45) is 11.8 Å². The molecule has 4 aromatic rings. The Morgan fingerprint density at radius 1 is 0.900 bits per heavy atom. The number of anilines is 1. The van der Waals surface area contributed by atoms with Crippen molar-refractivity contribution in [1.82, 2.24) is 19.5 Å². The lowest BCUT2D eigenvalue weighted by Gasteiger charge is -2.45. The van der Waals surface area contributed by atoms with Gasteiger partial charge in [-0.05, 0) is 60.9 Å². The second-order valence-electron chi connectivity index (χ2n) is 8.93. The zero-order valence-electron chi connectivity index (χ0n) is 20.5. The van der Waals surface area contributed by atoms with Crippen molar-refractivity contribution in [2.45, 2.75) is 12.5 Å². The summed E-state index contributed by atoms with van der Waals surface area (Å²) in [5, 5.41) is 0.865. The second-order valence-corrected chi connectivity index (χ2v) is 12.6. The first-order chi connectivity index (χ1) is 19.0. The van der Waals surface area contributed by atoms with Gasteiger partial charge in [-0.2, -0.15) is 4.98 Å². The van der Waals surface area contributed by atoms with Crippen LogP contribution in [-0.2, 0) is 18.2 Å². The number of nitrogen functional groups attached to an aromatic ring is 1. The molecule has 0 saturated heterocycles. The highest BCUT2D eigenvalue weighted by Gasteiger charge is 2.45. The predicted octanol–water partition coefficient (Wildman–Crippen LogP) is 5.28. The SMILES string of the molecule is Nc1ncc2ncn(C3CC(COP(=O)(O)Oc4ccc(Cl)cc4)C3COP(=O)(O)Oc3ccc(Cl)cc3)c2n1. The van der Waals surface area contributed by atoms with E-state index in [2.05, 4.69) is 15.0 Å². The van der Waals surface area contributed by atoms with E-state index in [-0.39, 0.29) is 42.6 Å². The summed E-state index contributed by atoms with van der Waals surface area (Å²) in [5.74, 6) is -0.596. The van der Waals surface area contributed by atoms with Crippen LogP contribution in [0.25, 0.3) is 11.2 Å². The van der Waals surface area contributed by atoms with Gasteiger partial charge in [0, 0.05) is 22.0 Å². The van der Waals surface area contributed by atoms with Crippen LogP contribution in [0.4, 0.5) is 5.95 Å². The number of hydrogen-bond donors (Lipinski definition) is 3. The number of imidazole rings is 1. The molecule has 1 aliphatic rings. The molecule has 40 heavy (non-hydrogen) atoms. The molecule has 0 spiro atoms. The number of hydrogen-bond acceptors (Lipinski definition) is 10. The molecule has 2 aromatic carbocycles. The molecular formula is C23H23Cl2N5O8P2. The minimum absolute atomic E-state index is 0.0537. The molecule has 1 fully saturated rings. The van der Waals surface area contributed by atoms with Crippen molar-refractivity contribution < 1.29 is 37.0 Å². The Morgan fingerprint density at radius 3 is 2.02 bits per heavy atom. The van der Waals surface area contributed by atoms with Crippen molar-refractivity contribution in [1.29, 1.82) is 0 Å². The molecule has 5 atom stereocenters. The van der Waals surface area contributed by atoms with E-state index in [1.54, 1.807) is 10.9 Å². The van der Waals surface area contributed by atoms with E-state index in [1.807, 2.05) is 0 Å². The van der Waals surface area contributed by atoms with Crippen LogP contribution in [0.3, 0.4) is 0 Å². The molecule has 5 unspecified atom stereocenters. The van der Waals surface area contributed by atoms with Crippen molar-refractivity contribution >= 4 is 56.0 Å². The first kappa shape index (κ1) is 28.8. The molecule has 17 heteroatoms. The normalized spacial score (nSPS) is 21.8. The van der Waals surface area contributed by atoms with Gasteiger partial charge in [-0.1, -0.05) is 23.2 Å². The van der Waals surface area contributed by atoms with Crippen molar-refractivity contribution in [3.05, 3.63) is 71.1 Å². The van der Waals surface area contributed by atoms with Gasteiger partial charge in [0.2, 0.25) is 5.95 Å². The van der Waals surface area contributed by atoms with Crippen LogP contribution >= 0.6 is 38.8 Å². The van der Waals surface area contributed by atoms with Crippen LogP contribution in [0.2, 0.25) is 10.0 Å². The van der Waals surface area contributed by atoms with E-state index in [4.69, 9.17) is 47.0 Å². The number of nitrogens with zero attached hydrogens (tertiary/aromatic N) is 4. The van der Waals surface area contributed by atoms with Gasteiger partial charge in [0.1, 0.15) is 17.0 Å². The molecular weight excluding hydrogens is 607 g/mol. The van der Waals surface area contributed by atoms with Gasteiger partial charge < -0.3 is 19.3 Å². The fraction of sp³-hybridized carbons (Fsp3) is 0.261. The summed E-state index contributed by atoms with van der Waals surface area (Å²) in [5.41, 5.74) is 6.72. The molecule has 1 aliphatic carbocycles. The first-order valence-corrected chi connectivity index (χ1v) is 15.5.